The number of rotatable bonds is 6. The second-order valence-corrected chi connectivity index (χ2v) is 4.20. The minimum absolute atomic E-state index is 0.417. The molecule has 110 valence electrons. The Hall–Kier alpha value is -1.80. The Kier molecular flexibility index (Phi) is 6.30. The summed E-state index contributed by atoms with van der Waals surface area (Å²) < 4.78 is 35.3. The van der Waals surface area contributed by atoms with Gasteiger partial charge in [0.15, 0.2) is 0 Å². The van der Waals surface area contributed by atoms with Gasteiger partial charge < -0.3 is 15.7 Å². The van der Waals surface area contributed by atoms with Crippen LogP contribution in [0.15, 0.2) is 0 Å². The van der Waals surface area contributed by atoms with Crippen LogP contribution >= 0.6 is 0 Å². The Bertz CT molecular complexity index is 355. The highest BCUT2D eigenvalue weighted by Crippen LogP contribution is 2.12. The van der Waals surface area contributed by atoms with E-state index >= 15 is 0 Å². The summed E-state index contributed by atoms with van der Waals surface area (Å²) in [6.07, 6.45) is -5.42. The lowest BCUT2D eigenvalue weighted by Crippen LogP contribution is -2.46. The van der Waals surface area contributed by atoms with E-state index in [0.717, 1.165) is 0 Å². The first-order valence-electron chi connectivity index (χ1n) is 5.38. The van der Waals surface area contributed by atoms with Crippen molar-refractivity contribution in [3.63, 3.8) is 0 Å². The molecule has 0 saturated carbocycles. The average molecular weight is 284 g/mol. The molecule has 6 nitrogen and oxygen atoms in total. The molecule has 0 unspecified atom stereocenters. The standard InChI is InChI=1S/C10H15F3N2O4/c1-5(2)8(9(18)19)15-7(17)3-6(16)14-4-10(11,12)13/h5,8H,3-4H2,1-2H3,(H,14,16)(H,15,17)(H,18,19)/t8-/m0/s1. The van der Waals surface area contributed by atoms with Crippen LogP contribution in [0.2, 0.25) is 0 Å². The molecule has 0 aromatic heterocycles. The van der Waals surface area contributed by atoms with E-state index in [1.807, 2.05) is 0 Å². The Morgan fingerprint density at radius 1 is 1.16 bits per heavy atom. The molecule has 0 bridgehead atoms. The highest BCUT2D eigenvalue weighted by atomic mass is 19.4. The number of aliphatic carboxylic acids is 1. The van der Waals surface area contributed by atoms with Crippen LogP contribution in [0.1, 0.15) is 20.3 Å². The number of hydrogen-bond acceptors (Lipinski definition) is 3. The van der Waals surface area contributed by atoms with Crippen molar-refractivity contribution >= 4 is 17.8 Å². The number of halogens is 3. The molecule has 9 heteroatoms. The maximum Gasteiger partial charge on any atom is 0.405 e. The summed E-state index contributed by atoms with van der Waals surface area (Å²) in [5.41, 5.74) is 0. The van der Waals surface area contributed by atoms with Gasteiger partial charge in [0.1, 0.15) is 19.0 Å². The fourth-order valence-electron chi connectivity index (χ4n) is 1.15. The molecule has 0 saturated heterocycles. The first kappa shape index (κ1) is 17.2. The van der Waals surface area contributed by atoms with E-state index < -0.39 is 48.9 Å². The quantitative estimate of drug-likeness (QED) is 0.610. The summed E-state index contributed by atoms with van der Waals surface area (Å²) in [5, 5.41) is 12.3. The second kappa shape index (κ2) is 6.95. The van der Waals surface area contributed by atoms with Gasteiger partial charge in [0, 0.05) is 0 Å². The number of hydrogen-bond donors (Lipinski definition) is 3. The van der Waals surface area contributed by atoms with Gasteiger partial charge >= 0.3 is 12.1 Å². The van der Waals surface area contributed by atoms with Crippen LogP contribution in [0.5, 0.6) is 0 Å². The molecule has 1 atom stereocenters. The second-order valence-electron chi connectivity index (χ2n) is 4.20. The number of alkyl halides is 3. The van der Waals surface area contributed by atoms with Crippen LogP contribution in [0.25, 0.3) is 0 Å². The maximum absolute atomic E-state index is 11.8. The van der Waals surface area contributed by atoms with E-state index in [-0.39, 0.29) is 0 Å². The third kappa shape index (κ3) is 8.01. The summed E-state index contributed by atoms with van der Waals surface area (Å²) in [4.78, 5) is 33.0. The van der Waals surface area contributed by atoms with Crippen molar-refractivity contribution in [2.45, 2.75) is 32.5 Å². The summed E-state index contributed by atoms with van der Waals surface area (Å²) in [6.45, 7) is 1.55. The van der Waals surface area contributed by atoms with Gasteiger partial charge in [0.25, 0.3) is 0 Å². The molecule has 3 N–H and O–H groups in total. The molecule has 0 rings (SSSR count). The van der Waals surface area contributed by atoms with Crippen LogP contribution in [-0.4, -0.2) is 41.7 Å². The van der Waals surface area contributed by atoms with E-state index in [2.05, 4.69) is 5.32 Å². The van der Waals surface area contributed by atoms with E-state index in [9.17, 15) is 27.6 Å². The SMILES string of the molecule is CC(C)[C@H](NC(=O)CC(=O)NCC(F)(F)F)C(=O)O. The predicted octanol–water partition coefficient (Wildman–Crippen LogP) is 0.280. The summed E-state index contributed by atoms with van der Waals surface area (Å²) in [5.74, 6) is -3.76. The number of carbonyl (C=O) groups excluding carboxylic acids is 2. The molecule has 0 aromatic carbocycles. The smallest absolute Gasteiger partial charge is 0.405 e. The lowest BCUT2D eigenvalue weighted by atomic mass is 10.0. The molecule has 0 aliphatic carbocycles. The van der Waals surface area contributed by atoms with Crippen molar-refractivity contribution in [3.05, 3.63) is 0 Å². The van der Waals surface area contributed by atoms with E-state index in [1.54, 1.807) is 13.8 Å². The topological polar surface area (TPSA) is 95.5 Å². The first-order chi connectivity index (χ1) is 8.53. The highest BCUT2D eigenvalue weighted by molar-refractivity contribution is 5.98. The van der Waals surface area contributed by atoms with Crippen molar-refractivity contribution < 1.29 is 32.7 Å². The van der Waals surface area contributed by atoms with Gasteiger partial charge in [-0.05, 0) is 5.92 Å². The molecule has 0 radical (unpaired) electrons. The molecule has 0 fully saturated rings. The summed E-state index contributed by atoms with van der Waals surface area (Å²) in [7, 11) is 0. The van der Waals surface area contributed by atoms with Crippen molar-refractivity contribution in [3.8, 4) is 0 Å². The molecule has 2 amide bonds. The lowest BCUT2D eigenvalue weighted by Gasteiger charge is -2.17. The fraction of sp³-hybridized carbons (Fsp3) is 0.700. The van der Waals surface area contributed by atoms with E-state index in [1.165, 1.54) is 5.32 Å². The Morgan fingerprint density at radius 3 is 2.05 bits per heavy atom. The third-order valence-electron chi connectivity index (χ3n) is 2.06. The third-order valence-corrected chi connectivity index (χ3v) is 2.06. The van der Waals surface area contributed by atoms with Crippen LogP contribution in [0, 0.1) is 5.92 Å². The Balaban J connectivity index is 4.23. The van der Waals surface area contributed by atoms with Gasteiger partial charge in [-0.15, -0.1) is 0 Å². The monoisotopic (exact) mass is 284 g/mol. The fourth-order valence-corrected chi connectivity index (χ4v) is 1.15. The number of nitrogens with one attached hydrogen (secondary N) is 2. The van der Waals surface area contributed by atoms with Gasteiger partial charge in [0.05, 0.1) is 0 Å². The summed E-state index contributed by atoms with van der Waals surface area (Å²) in [6, 6.07) is -1.19. The first-order valence-corrected chi connectivity index (χ1v) is 5.38. The van der Waals surface area contributed by atoms with Crippen molar-refractivity contribution in [1.82, 2.24) is 10.6 Å². The molecule has 0 aliphatic rings. The zero-order chi connectivity index (χ0) is 15.2. The molecule has 0 aliphatic heterocycles. The summed E-state index contributed by atoms with van der Waals surface area (Å²) >= 11 is 0. The van der Waals surface area contributed by atoms with Crippen molar-refractivity contribution in [1.29, 1.82) is 0 Å². The van der Waals surface area contributed by atoms with E-state index in [0.29, 0.717) is 0 Å². The molecule has 19 heavy (non-hydrogen) atoms. The number of carboxylic acids is 1. The molecular weight excluding hydrogens is 269 g/mol. The number of carbonyl (C=O) groups is 3. The van der Waals surface area contributed by atoms with Gasteiger partial charge in [-0.25, -0.2) is 4.79 Å². The van der Waals surface area contributed by atoms with Gasteiger partial charge in [0.2, 0.25) is 11.8 Å². The number of carboxylic acid groups (broad SMARTS) is 1. The van der Waals surface area contributed by atoms with Crippen LogP contribution in [0.3, 0.4) is 0 Å². The molecule has 0 aromatic rings. The van der Waals surface area contributed by atoms with E-state index in [4.69, 9.17) is 5.11 Å². The van der Waals surface area contributed by atoms with Crippen LogP contribution < -0.4 is 10.6 Å². The molecular formula is C10H15F3N2O4. The predicted molar refractivity (Wildman–Crippen MR) is 58.1 cm³/mol. The van der Waals surface area contributed by atoms with Crippen molar-refractivity contribution in [2.75, 3.05) is 6.54 Å². The van der Waals surface area contributed by atoms with Gasteiger partial charge in [-0.3, -0.25) is 9.59 Å². The largest absolute Gasteiger partial charge is 0.480 e. The Morgan fingerprint density at radius 2 is 1.68 bits per heavy atom. The highest BCUT2D eigenvalue weighted by Gasteiger charge is 2.29. The molecule has 0 heterocycles. The van der Waals surface area contributed by atoms with Crippen molar-refractivity contribution in [2.24, 2.45) is 5.92 Å². The lowest BCUT2D eigenvalue weighted by molar-refractivity contribution is -0.145. The number of amides is 2. The average Bonchev–Trinajstić information content (AvgIpc) is 2.21. The Labute approximate surface area is 107 Å². The molecule has 0 spiro atoms. The van der Waals surface area contributed by atoms with Crippen LogP contribution in [-0.2, 0) is 14.4 Å². The minimum Gasteiger partial charge on any atom is -0.480 e. The zero-order valence-electron chi connectivity index (χ0n) is 10.4. The zero-order valence-corrected chi connectivity index (χ0v) is 10.4. The van der Waals surface area contributed by atoms with Gasteiger partial charge in [-0.2, -0.15) is 13.2 Å². The normalized spacial score (nSPS) is 12.9. The van der Waals surface area contributed by atoms with Crippen LogP contribution in [0.4, 0.5) is 13.2 Å². The van der Waals surface area contributed by atoms with Gasteiger partial charge in [-0.1, -0.05) is 13.8 Å². The minimum atomic E-state index is -4.56. The maximum atomic E-state index is 11.8.